The molecule has 1 unspecified atom stereocenters. The fraction of sp³-hybridized carbons (Fsp3) is 0.429. The van der Waals surface area contributed by atoms with E-state index in [9.17, 15) is 18.0 Å². The Morgan fingerprint density at radius 1 is 1.18 bits per heavy atom. The van der Waals surface area contributed by atoms with Crippen molar-refractivity contribution in [1.29, 1.82) is 0 Å². The number of nitrogens with zero attached hydrogens (tertiary/aromatic N) is 2. The highest BCUT2D eigenvalue weighted by Gasteiger charge is 2.42. The maximum atomic E-state index is 12.6. The van der Waals surface area contributed by atoms with Crippen molar-refractivity contribution in [2.75, 3.05) is 18.8 Å². The van der Waals surface area contributed by atoms with Crippen LogP contribution in [-0.4, -0.2) is 53.7 Å². The minimum atomic E-state index is -3.58. The lowest BCUT2D eigenvalue weighted by atomic mass is 10.2. The van der Waals surface area contributed by atoms with E-state index in [1.807, 2.05) is 6.92 Å². The zero-order valence-corrected chi connectivity index (χ0v) is 13.7. The molecule has 1 aromatic rings. The molecule has 0 aliphatic carbocycles. The van der Waals surface area contributed by atoms with Crippen LogP contribution in [0.2, 0.25) is 0 Å². The zero-order valence-electron chi connectivity index (χ0n) is 12.1. The molecule has 2 aliphatic heterocycles. The van der Waals surface area contributed by atoms with E-state index in [1.54, 1.807) is 24.3 Å². The Morgan fingerprint density at radius 2 is 1.86 bits per heavy atom. The number of hydrogen-bond acceptors (Lipinski definition) is 5. The second-order valence-corrected chi connectivity index (χ2v) is 8.30. The molecule has 2 fully saturated rings. The van der Waals surface area contributed by atoms with Gasteiger partial charge >= 0.3 is 0 Å². The largest absolute Gasteiger partial charge is 0.289 e. The van der Waals surface area contributed by atoms with E-state index in [1.165, 1.54) is 9.21 Å². The molecule has 0 spiro atoms. The van der Waals surface area contributed by atoms with Gasteiger partial charge in [-0.1, -0.05) is 29.5 Å². The van der Waals surface area contributed by atoms with Crippen molar-refractivity contribution < 1.29 is 18.0 Å². The van der Waals surface area contributed by atoms with Crippen molar-refractivity contribution in [2.24, 2.45) is 0 Å². The van der Waals surface area contributed by atoms with Gasteiger partial charge in [0.25, 0.3) is 5.24 Å². The number of thioether (sulfide) groups is 1. The first kappa shape index (κ1) is 15.5. The highest BCUT2D eigenvalue weighted by atomic mass is 32.2. The number of sulfonamides is 1. The molecule has 0 saturated carbocycles. The summed E-state index contributed by atoms with van der Waals surface area (Å²) < 4.78 is 26.6. The number of rotatable bonds is 3. The molecule has 0 bridgehead atoms. The zero-order chi connectivity index (χ0) is 15.9. The van der Waals surface area contributed by atoms with Gasteiger partial charge in [0.1, 0.15) is 0 Å². The van der Waals surface area contributed by atoms with E-state index in [4.69, 9.17) is 0 Å². The summed E-state index contributed by atoms with van der Waals surface area (Å²) in [6, 6.07) is 6.32. The van der Waals surface area contributed by atoms with Crippen LogP contribution in [0.1, 0.15) is 12.0 Å². The van der Waals surface area contributed by atoms with Crippen LogP contribution < -0.4 is 0 Å². The third-order valence-electron chi connectivity index (χ3n) is 3.93. The molecule has 22 heavy (non-hydrogen) atoms. The first-order chi connectivity index (χ1) is 10.4. The number of aryl methyl sites for hydroxylation is 1. The van der Waals surface area contributed by atoms with Gasteiger partial charge in [-0.25, -0.2) is 8.42 Å². The predicted octanol–water partition coefficient (Wildman–Crippen LogP) is 1.45. The topological polar surface area (TPSA) is 74.8 Å². The molecular formula is C14H16N2O4S2. The molecule has 1 aromatic carbocycles. The molecular weight excluding hydrogens is 324 g/mol. The summed E-state index contributed by atoms with van der Waals surface area (Å²) >= 11 is 0.977. The Kier molecular flexibility index (Phi) is 4.00. The van der Waals surface area contributed by atoms with Gasteiger partial charge in [0.05, 0.1) is 16.7 Å². The molecule has 1 atom stereocenters. The average Bonchev–Trinajstić information content (AvgIpc) is 3.07. The van der Waals surface area contributed by atoms with Gasteiger partial charge in [-0.2, -0.15) is 4.31 Å². The van der Waals surface area contributed by atoms with Crippen LogP contribution in [0.3, 0.4) is 0 Å². The van der Waals surface area contributed by atoms with Crippen molar-refractivity contribution in [3.05, 3.63) is 29.8 Å². The van der Waals surface area contributed by atoms with Gasteiger partial charge in [0.2, 0.25) is 15.9 Å². The Hall–Kier alpha value is -1.38. The Balaban J connectivity index is 1.78. The predicted molar refractivity (Wildman–Crippen MR) is 83.0 cm³/mol. The van der Waals surface area contributed by atoms with Gasteiger partial charge in [0.15, 0.2) is 0 Å². The summed E-state index contributed by atoms with van der Waals surface area (Å²) in [4.78, 5) is 24.9. The standard InChI is InChI=1S/C14H16N2O4S2/c1-10-2-4-12(5-3-10)22(19,20)15-7-6-11(8-15)16-13(17)9-21-14(16)18/h2-5,11H,6-9H2,1H3. The molecule has 2 saturated heterocycles. The molecule has 3 rings (SSSR count). The normalized spacial score (nSPS) is 23.5. The first-order valence-corrected chi connectivity index (χ1v) is 9.38. The average molecular weight is 340 g/mol. The van der Waals surface area contributed by atoms with E-state index in [0.717, 1.165) is 17.3 Å². The minimum Gasteiger partial charge on any atom is -0.273 e. The number of carbonyl (C=O) groups excluding carboxylic acids is 2. The molecule has 2 aliphatic rings. The van der Waals surface area contributed by atoms with Crippen molar-refractivity contribution in [1.82, 2.24) is 9.21 Å². The van der Waals surface area contributed by atoms with E-state index in [2.05, 4.69) is 0 Å². The summed E-state index contributed by atoms with van der Waals surface area (Å²) in [5.74, 6) is -0.0744. The maximum absolute atomic E-state index is 12.6. The third kappa shape index (κ3) is 2.66. The number of imide groups is 1. The summed E-state index contributed by atoms with van der Waals surface area (Å²) in [7, 11) is -3.58. The molecule has 2 amide bonds. The van der Waals surface area contributed by atoms with Crippen LogP contribution in [0.15, 0.2) is 29.2 Å². The fourth-order valence-corrected chi connectivity index (χ4v) is 4.98. The van der Waals surface area contributed by atoms with Crippen molar-refractivity contribution in [3.63, 3.8) is 0 Å². The number of hydrogen-bond donors (Lipinski definition) is 0. The monoisotopic (exact) mass is 340 g/mol. The van der Waals surface area contributed by atoms with Crippen molar-refractivity contribution in [2.45, 2.75) is 24.3 Å². The summed E-state index contributed by atoms with van der Waals surface area (Å²) in [5.41, 5.74) is 0.989. The number of carbonyl (C=O) groups is 2. The third-order valence-corrected chi connectivity index (χ3v) is 6.65. The highest BCUT2D eigenvalue weighted by Crippen LogP contribution is 2.29. The van der Waals surface area contributed by atoms with Gasteiger partial charge in [0, 0.05) is 13.1 Å². The smallest absolute Gasteiger partial charge is 0.273 e. The summed E-state index contributed by atoms with van der Waals surface area (Å²) in [6.07, 6.45) is 0.489. The molecule has 0 aromatic heterocycles. The van der Waals surface area contributed by atoms with E-state index in [-0.39, 0.29) is 34.4 Å². The molecule has 8 heteroatoms. The van der Waals surface area contributed by atoms with Crippen LogP contribution in [0.25, 0.3) is 0 Å². The van der Waals surface area contributed by atoms with E-state index >= 15 is 0 Å². The molecule has 2 heterocycles. The van der Waals surface area contributed by atoms with E-state index < -0.39 is 10.0 Å². The van der Waals surface area contributed by atoms with Gasteiger partial charge < -0.3 is 0 Å². The highest BCUT2D eigenvalue weighted by molar-refractivity contribution is 8.14. The second kappa shape index (κ2) is 5.68. The Labute approximate surface area is 133 Å². The molecule has 0 radical (unpaired) electrons. The van der Waals surface area contributed by atoms with Crippen LogP contribution in [0.4, 0.5) is 4.79 Å². The van der Waals surface area contributed by atoms with Gasteiger partial charge in [-0.3, -0.25) is 14.5 Å². The van der Waals surface area contributed by atoms with E-state index in [0.29, 0.717) is 13.0 Å². The van der Waals surface area contributed by atoms with Crippen LogP contribution in [0.5, 0.6) is 0 Å². The fourth-order valence-electron chi connectivity index (χ4n) is 2.72. The van der Waals surface area contributed by atoms with Crippen LogP contribution >= 0.6 is 11.8 Å². The second-order valence-electron chi connectivity index (χ2n) is 5.44. The SMILES string of the molecule is Cc1ccc(S(=O)(=O)N2CCC(N3C(=O)CSC3=O)C2)cc1. The lowest BCUT2D eigenvalue weighted by Crippen LogP contribution is -2.41. The number of amides is 2. The van der Waals surface area contributed by atoms with Gasteiger partial charge in [-0.15, -0.1) is 0 Å². The maximum Gasteiger partial charge on any atom is 0.289 e. The quantitative estimate of drug-likeness (QED) is 0.833. The van der Waals surface area contributed by atoms with Crippen molar-refractivity contribution in [3.8, 4) is 0 Å². The van der Waals surface area contributed by atoms with Crippen LogP contribution in [-0.2, 0) is 14.8 Å². The first-order valence-electron chi connectivity index (χ1n) is 6.95. The lowest BCUT2D eigenvalue weighted by molar-refractivity contribution is -0.126. The lowest BCUT2D eigenvalue weighted by Gasteiger charge is -2.21. The van der Waals surface area contributed by atoms with Gasteiger partial charge in [-0.05, 0) is 25.5 Å². The molecule has 6 nitrogen and oxygen atoms in total. The molecule has 0 N–H and O–H groups in total. The van der Waals surface area contributed by atoms with Crippen molar-refractivity contribution >= 4 is 32.9 Å². The Bertz CT molecular complexity index is 699. The Morgan fingerprint density at radius 3 is 2.45 bits per heavy atom. The molecule has 118 valence electrons. The van der Waals surface area contributed by atoms with Crippen LogP contribution in [0, 0.1) is 6.92 Å². The summed E-state index contributed by atoms with van der Waals surface area (Å²) in [5, 5.41) is -0.274. The summed E-state index contributed by atoms with van der Waals surface area (Å²) in [6.45, 7) is 2.39. The minimum absolute atomic E-state index is 0.153. The number of benzene rings is 1.